The first kappa shape index (κ1) is 25.7. The SMILES string of the molecule is CC(C)COc1cccc(/C(O)=C2/C(=O)C(=O)N(c3ccc(OC(F)(F)F)cc3)C2c2ccccn2)c1. The van der Waals surface area contributed by atoms with Crippen molar-refractivity contribution in [1.82, 2.24) is 4.98 Å². The molecule has 2 heterocycles. The maximum Gasteiger partial charge on any atom is 0.573 e. The second-order valence-corrected chi connectivity index (χ2v) is 8.70. The second kappa shape index (κ2) is 10.3. The van der Waals surface area contributed by atoms with Crippen LogP contribution >= 0.6 is 0 Å². The van der Waals surface area contributed by atoms with Crippen LogP contribution in [0.3, 0.4) is 0 Å². The zero-order valence-corrected chi connectivity index (χ0v) is 19.9. The third kappa shape index (κ3) is 5.74. The van der Waals surface area contributed by atoms with Crippen molar-refractivity contribution in [2.75, 3.05) is 11.5 Å². The van der Waals surface area contributed by atoms with Crippen molar-refractivity contribution < 1.29 is 37.3 Å². The predicted molar refractivity (Wildman–Crippen MR) is 129 cm³/mol. The molecule has 1 unspecified atom stereocenters. The number of ether oxygens (including phenoxy) is 2. The summed E-state index contributed by atoms with van der Waals surface area (Å²) in [5.41, 5.74) is 0.459. The number of benzene rings is 2. The highest BCUT2D eigenvalue weighted by molar-refractivity contribution is 6.51. The molecule has 1 N–H and O–H groups in total. The summed E-state index contributed by atoms with van der Waals surface area (Å²) in [5, 5.41) is 11.2. The van der Waals surface area contributed by atoms with Gasteiger partial charge in [0.1, 0.15) is 23.3 Å². The fourth-order valence-corrected chi connectivity index (χ4v) is 3.88. The molecule has 0 radical (unpaired) electrons. The van der Waals surface area contributed by atoms with E-state index in [2.05, 4.69) is 9.72 Å². The third-order valence-electron chi connectivity index (χ3n) is 5.45. The van der Waals surface area contributed by atoms with Crippen molar-refractivity contribution in [2.45, 2.75) is 26.3 Å². The normalized spacial score (nSPS) is 17.4. The van der Waals surface area contributed by atoms with E-state index in [-0.39, 0.29) is 28.4 Å². The first-order chi connectivity index (χ1) is 17.5. The van der Waals surface area contributed by atoms with Gasteiger partial charge in [0.15, 0.2) is 0 Å². The van der Waals surface area contributed by atoms with Crippen LogP contribution in [0, 0.1) is 5.92 Å². The van der Waals surface area contributed by atoms with Crippen molar-refractivity contribution in [3.8, 4) is 11.5 Å². The van der Waals surface area contributed by atoms with Crippen molar-refractivity contribution in [2.24, 2.45) is 5.92 Å². The third-order valence-corrected chi connectivity index (χ3v) is 5.45. The Morgan fingerprint density at radius 3 is 2.38 bits per heavy atom. The lowest BCUT2D eigenvalue weighted by molar-refractivity contribution is -0.274. The number of pyridine rings is 1. The fourth-order valence-electron chi connectivity index (χ4n) is 3.88. The lowest BCUT2D eigenvalue weighted by Crippen LogP contribution is -2.29. The molecule has 192 valence electrons. The number of rotatable bonds is 7. The van der Waals surface area contributed by atoms with E-state index in [0.29, 0.717) is 12.4 Å². The number of anilines is 1. The number of aliphatic hydroxyl groups excluding tert-OH is 1. The molecule has 2 aromatic carbocycles. The van der Waals surface area contributed by atoms with Crippen molar-refractivity contribution in [3.63, 3.8) is 0 Å². The van der Waals surface area contributed by atoms with Gasteiger partial charge in [0.2, 0.25) is 0 Å². The first-order valence-corrected chi connectivity index (χ1v) is 11.4. The van der Waals surface area contributed by atoms with Crippen LogP contribution in [0.15, 0.2) is 78.5 Å². The standard InChI is InChI=1S/C27H23F3N2O5/c1-16(2)15-36-20-7-5-6-17(14-20)24(33)22-23(21-8-3-4-13-31-21)32(26(35)25(22)34)18-9-11-19(12-10-18)37-27(28,29)30/h3-14,16,23,33H,15H2,1-2H3/b24-22-. The summed E-state index contributed by atoms with van der Waals surface area (Å²) in [5.74, 6) is -2.10. The summed E-state index contributed by atoms with van der Waals surface area (Å²) in [4.78, 5) is 31.7. The number of alkyl halides is 3. The molecular weight excluding hydrogens is 489 g/mol. The summed E-state index contributed by atoms with van der Waals surface area (Å²) in [6.45, 7) is 4.41. The Morgan fingerprint density at radius 2 is 1.76 bits per heavy atom. The number of hydrogen-bond donors (Lipinski definition) is 1. The quantitative estimate of drug-likeness (QED) is 0.250. The van der Waals surface area contributed by atoms with Gasteiger partial charge < -0.3 is 14.6 Å². The molecule has 1 amide bonds. The fraction of sp³-hybridized carbons (Fsp3) is 0.222. The average molecular weight is 512 g/mol. The van der Waals surface area contributed by atoms with E-state index in [0.717, 1.165) is 17.0 Å². The minimum atomic E-state index is -4.88. The van der Waals surface area contributed by atoms with Crippen molar-refractivity contribution in [3.05, 3.63) is 89.8 Å². The minimum Gasteiger partial charge on any atom is -0.507 e. The van der Waals surface area contributed by atoms with Gasteiger partial charge >= 0.3 is 6.36 Å². The molecule has 1 aliphatic heterocycles. The molecule has 0 bridgehead atoms. The number of aliphatic hydroxyl groups is 1. The van der Waals surface area contributed by atoms with Gasteiger partial charge in [-0.2, -0.15) is 0 Å². The highest BCUT2D eigenvalue weighted by Gasteiger charge is 2.47. The number of ketones is 1. The van der Waals surface area contributed by atoms with Crippen LogP contribution in [-0.2, 0) is 9.59 Å². The van der Waals surface area contributed by atoms with E-state index in [1.54, 1.807) is 42.5 Å². The van der Waals surface area contributed by atoms with Gasteiger partial charge in [-0.3, -0.25) is 19.5 Å². The van der Waals surface area contributed by atoms with Crippen LogP contribution in [0.5, 0.6) is 11.5 Å². The zero-order chi connectivity index (χ0) is 26.7. The van der Waals surface area contributed by atoms with Crippen LogP contribution in [0.4, 0.5) is 18.9 Å². The average Bonchev–Trinajstić information content (AvgIpc) is 3.13. The summed E-state index contributed by atoms with van der Waals surface area (Å²) >= 11 is 0. The number of aromatic nitrogens is 1. The number of carbonyl (C=O) groups excluding carboxylic acids is 2. The molecule has 0 aliphatic carbocycles. The van der Waals surface area contributed by atoms with E-state index < -0.39 is 35.6 Å². The number of amides is 1. The zero-order valence-electron chi connectivity index (χ0n) is 19.9. The molecule has 37 heavy (non-hydrogen) atoms. The van der Waals surface area contributed by atoms with Gasteiger partial charge in [-0.05, 0) is 54.4 Å². The van der Waals surface area contributed by atoms with Crippen LogP contribution in [0.1, 0.15) is 31.1 Å². The molecule has 1 saturated heterocycles. The number of hydrogen-bond acceptors (Lipinski definition) is 6. The van der Waals surface area contributed by atoms with E-state index in [4.69, 9.17) is 4.74 Å². The molecule has 7 nitrogen and oxygen atoms in total. The molecule has 0 saturated carbocycles. The van der Waals surface area contributed by atoms with Crippen LogP contribution < -0.4 is 14.4 Å². The molecule has 10 heteroatoms. The predicted octanol–water partition coefficient (Wildman–Crippen LogP) is 5.64. The number of halogens is 3. The van der Waals surface area contributed by atoms with Crippen LogP contribution in [-0.4, -0.2) is 34.8 Å². The molecule has 4 rings (SSSR count). The Morgan fingerprint density at radius 1 is 1.03 bits per heavy atom. The molecule has 1 aliphatic rings. The molecule has 0 spiro atoms. The van der Waals surface area contributed by atoms with Crippen molar-refractivity contribution in [1.29, 1.82) is 0 Å². The Kier molecular flexibility index (Phi) is 7.19. The summed E-state index contributed by atoms with van der Waals surface area (Å²) in [6.07, 6.45) is -3.41. The molecule has 3 aromatic rings. The number of nitrogens with zero attached hydrogens (tertiary/aromatic N) is 2. The smallest absolute Gasteiger partial charge is 0.507 e. The van der Waals surface area contributed by atoms with Gasteiger partial charge in [0, 0.05) is 17.4 Å². The molecule has 1 atom stereocenters. The second-order valence-electron chi connectivity index (χ2n) is 8.70. The summed E-state index contributed by atoms with van der Waals surface area (Å²) in [6, 6.07) is 14.8. The van der Waals surface area contributed by atoms with Gasteiger partial charge in [-0.15, -0.1) is 13.2 Å². The summed E-state index contributed by atoms with van der Waals surface area (Å²) in [7, 11) is 0. The Labute approximate surface area is 210 Å². The van der Waals surface area contributed by atoms with Crippen LogP contribution in [0.2, 0.25) is 0 Å². The van der Waals surface area contributed by atoms with Gasteiger partial charge in [0.25, 0.3) is 11.7 Å². The van der Waals surface area contributed by atoms with Crippen LogP contribution in [0.25, 0.3) is 5.76 Å². The maximum absolute atomic E-state index is 13.2. The van der Waals surface area contributed by atoms with E-state index in [1.165, 1.54) is 18.3 Å². The monoisotopic (exact) mass is 512 g/mol. The van der Waals surface area contributed by atoms with E-state index in [9.17, 15) is 27.9 Å². The minimum absolute atomic E-state index is 0.125. The highest BCUT2D eigenvalue weighted by atomic mass is 19.4. The lowest BCUT2D eigenvalue weighted by atomic mass is 9.98. The molecular formula is C27H23F3N2O5. The number of carbonyl (C=O) groups is 2. The Hall–Kier alpha value is -4.34. The first-order valence-electron chi connectivity index (χ1n) is 11.4. The largest absolute Gasteiger partial charge is 0.573 e. The van der Waals surface area contributed by atoms with E-state index in [1.807, 2.05) is 13.8 Å². The maximum atomic E-state index is 13.2. The molecule has 1 aromatic heterocycles. The Balaban J connectivity index is 1.79. The highest BCUT2D eigenvalue weighted by Crippen LogP contribution is 2.42. The van der Waals surface area contributed by atoms with E-state index >= 15 is 0 Å². The molecule has 1 fully saturated rings. The van der Waals surface area contributed by atoms with Gasteiger partial charge in [0.05, 0.1) is 17.9 Å². The van der Waals surface area contributed by atoms with Gasteiger partial charge in [-0.1, -0.05) is 32.0 Å². The number of Topliss-reactive ketones (excluding diaryl/α,β-unsaturated/α-hetero) is 1. The summed E-state index contributed by atoms with van der Waals surface area (Å²) < 4.78 is 47.3. The lowest BCUT2D eigenvalue weighted by Gasteiger charge is -2.24. The topological polar surface area (TPSA) is 89.0 Å². The Bertz CT molecular complexity index is 1320. The van der Waals surface area contributed by atoms with Crippen molar-refractivity contribution >= 4 is 23.1 Å². The van der Waals surface area contributed by atoms with Gasteiger partial charge in [-0.25, -0.2) is 0 Å².